The molecule has 4 N–H and O–H groups in total. The molecule has 5 heteroatoms. The lowest BCUT2D eigenvalue weighted by Gasteiger charge is -2.33. The number of hydrogen-bond donors (Lipinski definition) is 3. The molecule has 1 aliphatic rings. The Morgan fingerprint density at radius 1 is 1.62 bits per heavy atom. The van der Waals surface area contributed by atoms with E-state index in [0.717, 1.165) is 26.2 Å². The van der Waals surface area contributed by atoms with Gasteiger partial charge in [0, 0.05) is 26.2 Å². The van der Waals surface area contributed by atoms with Crippen molar-refractivity contribution in [1.29, 1.82) is 5.41 Å². The van der Waals surface area contributed by atoms with E-state index < -0.39 is 0 Å². The van der Waals surface area contributed by atoms with Gasteiger partial charge in [0.05, 0.1) is 6.54 Å². The van der Waals surface area contributed by atoms with Gasteiger partial charge in [0.2, 0.25) is 5.96 Å². The highest BCUT2D eigenvalue weighted by Crippen LogP contribution is 1.95. The van der Waals surface area contributed by atoms with Gasteiger partial charge in [0.1, 0.15) is 0 Å². The molecule has 1 fully saturated rings. The van der Waals surface area contributed by atoms with E-state index in [1.165, 1.54) is 5.01 Å². The third kappa shape index (κ3) is 2.71. The van der Waals surface area contributed by atoms with E-state index in [0.29, 0.717) is 12.5 Å². The molecule has 1 rings (SSSR count). The minimum absolute atomic E-state index is 0.376. The highest BCUT2D eigenvalue weighted by molar-refractivity contribution is 5.76. The Hall–Kier alpha value is -1.07. The number of piperazine rings is 1. The average Bonchev–Trinajstić information content (AvgIpc) is 2.18. The van der Waals surface area contributed by atoms with Crippen LogP contribution in [0.2, 0.25) is 0 Å². The summed E-state index contributed by atoms with van der Waals surface area (Å²) in [4.78, 5) is 1.96. The van der Waals surface area contributed by atoms with E-state index in [4.69, 9.17) is 11.3 Å². The van der Waals surface area contributed by atoms with E-state index in [9.17, 15) is 0 Å². The Morgan fingerprint density at radius 2 is 2.23 bits per heavy atom. The maximum absolute atomic E-state index is 7.74. The van der Waals surface area contributed by atoms with Crippen LogP contribution in [-0.4, -0.2) is 48.6 Å². The Balaban J connectivity index is 2.40. The zero-order valence-electron chi connectivity index (χ0n) is 7.79. The Bertz CT molecular complexity index is 185. The number of hydrogen-bond acceptors (Lipinski definition) is 3. The summed E-state index contributed by atoms with van der Waals surface area (Å²) >= 11 is 0. The largest absolute Gasteiger partial charge is 0.339 e. The molecule has 0 aliphatic carbocycles. The second-order valence-electron chi connectivity index (χ2n) is 3.00. The van der Waals surface area contributed by atoms with E-state index in [-0.39, 0.29) is 0 Å². The minimum atomic E-state index is 0.376. The third-order valence-corrected chi connectivity index (χ3v) is 2.01. The van der Waals surface area contributed by atoms with Crippen molar-refractivity contribution in [3.63, 3.8) is 0 Å². The molecule has 1 saturated heterocycles. The van der Waals surface area contributed by atoms with Crippen molar-refractivity contribution in [2.24, 2.45) is 5.84 Å². The van der Waals surface area contributed by atoms with Crippen molar-refractivity contribution in [1.82, 2.24) is 15.2 Å². The first-order valence-electron chi connectivity index (χ1n) is 4.43. The number of guanidine groups is 1. The van der Waals surface area contributed by atoms with Crippen LogP contribution in [0.4, 0.5) is 0 Å². The molecule has 0 radical (unpaired) electrons. The van der Waals surface area contributed by atoms with Crippen molar-refractivity contribution in [2.45, 2.75) is 0 Å². The van der Waals surface area contributed by atoms with E-state index >= 15 is 0 Å². The molecule has 13 heavy (non-hydrogen) atoms. The maximum Gasteiger partial charge on any atom is 0.208 e. The normalized spacial score (nSPS) is 16.8. The lowest BCUT2D eigenvalue weighted by molar-refractivity contribution is 0.300. The zero-order chi connectivity index (χ0) is 9.68. The van der Waals surface area contributed by atoms with Crippen LogP contribution >= 0.6 is 0 Å². The molecule has 0 aromatic rings. The smallest absolute Gasteiger partial charge is 0.208 e. The number of hydrazine groups is 1. The van der Waals surface area contributed by atoms with E-state index in [1.807, 2.05) is 4.90 Å². The number of nitrogens with two attached hydrogens (primary N) is 1. The van der Waals surface area contributed by atoms with Gasteiger partial charge in [-0.05, 0) is 0 Å². The summed E-state index contributed by atoms with van der Waals surface area (Å²) in [6.07, 6.45) is 1.69. The van der Waals surface area contributed by atoms with Crippen LogP contribution in [0.5, 0.6) is 0 Å². The van der Waals surface area contributed by atoms with Crippen LogP contribution < -0.4 is 11.2 Å². The quantitative estimate of drug-likeness (QED) is 0.172. The molecule has 0 atom stereocenters. The molecule has 0 aromatic carbocycles. The molecule has 1 heterocycles. The van der Waals surface area contributed by atoms with Gasteiger partial charge in [-0.25, -0.2) is 5.84 Å². The molecule has 5 nitrogen and oxygen atoms in total. The van der Waals surface area contributed by atoms with Gasteiger partial charge in [-0.15, -0.1) is 6.58 Å². The summed E-state index contributed by atoms with van der Waals surface area (Å²) in [6, 6.07) is 0. The van der Waals surface area contributed by atoms with E-state index in [2.05, 4.69) is 11.9 Å². The van der Waals surface area contributed by atoms with Crippen LogP contribution in [0, 0.1) is 5.41 Å². The summed E-state index contributed by atoms with van der Waals surface area (Å²) in [6.45, 7) is 7.64. The summed E-state index contributed by atoms with van der Waals surface area (Å²) in [5.41, 5.74) is 0. The van der Waals surface area contributed by atoms with Gasteiger partial charge in [-0.2, -0.15) is 0 Å². The second kappa shape index (κ2) is 4.84. The van der Waals surface area contributed by atoms with Gasteiger partial charge in [0.25, 0.3) is 0 Å². The Morgan fingerprint density at radius 3 is 2.77 bits per heavy atom. The van der Waals surface area contributed by atoms with Crippen LogP contribution in [0.3, 0.4) is 0 Å². The summed E-state index contributed by atoms with van der Waals surface area (Å²) in [7, 11) is 0. The SMILES string of the molecule is C=CCN(N)C(=N)N1CCNCC1. The predicted molar refractivity (Wildman–Crippen MR) is 53.3 cm³/mol. The number of nitrogens with one attached hydrogen (secondary N) is 2. The first-order chi connectivity index (χ1) is 6.25. The predicted octanol–water partition coefficient (Wildman–Crippen LogP) is -0.812. The first kappa shape index (κ1) is 10.0. The van der Waals surface area contributed by atoms with Crippen LogP contribution in [0.25, 0.3) is 0 Å². The monoisotopic (exact) mass is 183 g/mol. The van der Waals surface area contributed by atoms with Gasteiger partial charge in [-0.1, -0.05) is 6.08 Å². The molecule has 0 unspecified atom stereocenters. The minimum Gasteiger partial charge on any atom is -0.339 e. The topological polar surface area (TPSA) is 68.4 Å². The van der Waals surface area contributed by atoms with E-state index in [1.54, 1.807) is 6.08 Å². The highest BCUT2D eigenvalue weighted by Gasteiger charge is 2.15. The van der Waals surface area contributed by atoms with Crippen molar-refractivity contribution in [3.05, 3.63) is 12.7 Å². The fraction of sp³-hybridized carbons (Fsp3) is 0.625. The Kier molecular flexibility index (Phi) is 3.72. The molecule has 0 saturated carbocycles. The molecule has 0 bridgehead atoms. The van der Waals surface area contributed by atoms with Crippen LogP contribution in [0.15, 0.2) is 12.7 Å². The molecular weight excluding hydrogens is 166 g/mol. The standard InChI is InChI=1S/C8H17N5/c1-2-5-13(10)8(9)12-6-3-11-4-7-12/h2,9,11H,1,3-7,10H2. The van der Waals surface area contributed by atoms with Crippen molar-refractivity contribution in [3.8, 4) is 0 Å². The number of rotatable bonds is 2. The molecule has 0 spiro atoms. The lowest BCUT2D eigenvalue weighted by atomic mass is 10.4. The highest BCUT2D eigenvalue weighted by atomic mass is 15.5. The molecule has 1 aliphatic heterocycles. The molecule has 0 amide bonds. The van der Waals surface area contributed by atoms with Crippen LogP contribution in [-0.2, 0) is 0 Å². The molecule has 74 valence electrons. The summed E-state index contributed by atoms with van der Waals surface area (Å²) in [5.74, 6) is 6.01. The van der Waals surface area contributed by atoms with Gasteiger partial charge < -0.3 is 10.2 Å². The van der Waals surface area contributed by atoms with Gasteiger partial charge >= 0.3 is 0 Å². The average molecular weight is 183 g/mol. The Labute approximate surface area is 78.7 Å². The summed E-state index contributed by atoms with van der Waals surface area (Å²) in [5, 5.41) is 12.4. The van der Waals surface area contributed by atoms with Crippen molar-refractivity contribution < 1.29 is 0 Å². The zero-order valence-corrected chi connectivity index (χ0v) is 7.79. The molecule has 0 aromatic heterocycles. The number of nitrogens with zero attached hydrogens (tertiary/aromatic N) is 2. The van der Waals surface area contributed by atoms with Gasteiger partial charge in [-0.3, -0.25) is 10.4 Å². The van der Waals surface area contributed by atoms with Gasteiger partial charge in [0.15, 0.2) is 0 Å². The lowest BCUT2D eigenvalue weighted by Crippen LogP contribution is -2.53. The first-order valence-corrected chi connectivity index (χ1v) is 4.43. The van der Waals surface area contributed by atoms with Crippen molar-refractivity contribution >= 4 is 5.96 Å². The van der Waals surface area contributed by atoms with Crippen molar-refractivity contribution in [2.75, 3.05) is 32.7 Å². The fourth-order valence-corrected chi connectivity index (χ4v) is 1.28. The second-order valence-corrected chi connectivity index (χ2v) is 3.00. The third-order valence-electron chi connectivity index (χ3n) is 2.01. The molecular formula is C8H17N5. The fourth-order valence-electron chi connectivity index (χ4n) is 1.28. The summed E-state index contributed by atoms with van der Waals surface area (Å²) < 4.78 is 0. The maximum atomic E-state index is 7.74. The van der Waals surface area contributed by atoms with Crippen LogP contribution in [0.1, 0.15) is 0 Å².